The van der Waals surface area contributed by atoms with E-state index in [0.717, 1.165) is 12.1 Å². The van der Waals surface area contributed by atoms with Gasteiger partial charge in [-0.15, -0.1) is 13.2 Å². The lowest BCUT2D eigenvalue weighted by atomic mass is 10.2. The molecular weight excluding hydrogens is 219 g/mol. The Morgan fingerprint density at radius 2 is 1.93 bits per heavy atom. The molecule has 6 heteroatoms. The highest BCUT2D eigenvalue weighted by Crippen LogP contribution is 2.30. The molecule has 0 bridgehead atoms. The lowest BCUT2D eigenvalue weighted by Crippen LogP contribution is -2.17. The zero-order valence-electron chi connectivity index (χ0n) is 7.15. The van der Waals surface area contributed by atoms with Crippen molar-refractivity contribution in [1.29, 1.82) is 0 Å². The maximum absolute atomic E-state index is 11.8. The second-order valence-electron chi connectivity index (χ2n) is 2.67. The molecule has 2 N–H and O–H groups in total. The van der Waals surface area contributed by atoms with E-state index in [1.807, 2.05) is 0 Å². The van der Waals surface area contributed by atoms with Gasteiger partial charge in [0, 0.05) is 16.8 Å². The van der Waals surface area contributed by atoms with E-state index in [0.29, 0.717) is 5.56 Å². The van der Waals surface area contributed by atoms with Crippen molar-refractivity contribution in [2.24, 2.45) is 0 Å². The summed E-state index contributed by atoms with van der Waals surface area (Å²) in [5.41, 5.74) is 6.10. The van der Waals surface area contributed by atoms with E-state index in [-0.39, 0.29) is 10.7 Å². The summed E-state index contributed by atoms with van der Waals surface area (Å²) in [5.74, 6) is -0.411. The third kappa shape index (κ3) is 2.70. The molecule has 0 amide bonds. The number of ether oxygens (including phenoxy) is 1. The third-order valence-corrected chi connectivity index (χ3v) is 1.98. The Hall–Kier alpha value is -1.10. The molecule has 1 aromatic rings. The summed E-state index contributed by atoms with van der Waals surface area (Å²) in [7, 11) is 0. The summed E-state index contributed by atoms with van der Waals surface area (Å²) in [4.78, 5) is 0. The van der Waals surface area contributed by atoms with Gasteiger partial charge in [0.1, 0.15) is 5.75 Å². The van der Waals surface area contributed by atoms with Gasteiger partial charge < -0.3 is 10.5 Å². The first-order valence-corrected chi connectivity index (χ1v) is 3.99. The first kappa shape index (κ1) is 11.0. The van der Waals surface area contributed by atoms with Gasteiger partial charge in [-0.05, 0) is 18.6 Å². The van der Waals surface area contributed by atoms with Crippen LogP contribution in [0.5, 0.6) is 5.75 Å². The summed E-state index contributed by atoms with van der Waals surface area (Å²) in [6.07, 6.45) is -4.73. The normalized spacial score (nSPS) is 11.5. The van der Waals surface area contributed by atoms with Gasteiger partial charge in [0.25, 0.3) is 0 Å². The van der Waals surface area contributed by atoms with Crippen molar-refractivity contribution >= 4 is 17.3 Å². The molecule has 0 atom stereocenters. The number of hydrogen-bond acceptors (Lipinski definition) is 2. The number of benzene rings is 1. The zero-order chi connectivity index (χ0) is 10.9. The van der Waals surface area contributed by atoms with Gasteiger partial charge in [-0.25, -0.2) is 0 Å². The van der Waals surface area contributed by atoms with Crippen molar-refractivity contribution in [3.05, 3.63) is 22.7 Å². The molecule has 0 saturated heterocycles. The van der Waals surface area contributed by atoms with Gasteiger partial charge in [0.15, 0.2) is 0 Å². The van der Waals surface area contributed by atoms with Gasteiger partial charge in [-0.3, -0.25) is 0 Å². The van der Waals surface area contributed by atoms with Crippen LogP contribution in [-0.4, -0.2) is 6.36 Å². The predicted octanol–water partition coefficient (Wildman–Crippen LogP) is 3.13. The van der Waals surface area contributed by atoms with E-state index < -0.39 is 12.1 Å². The minimum Gasteiger partial charge on any atom is -0.406 e. The van der Waals surface area contributed by atoms with Gasteiger partial charge in [0.2, 0.25) is 0 Å². The van der Waals surface area contributed by atoms with Crippen molar-refractivity contribution in [2.45, 2.75) is 13.3 Å². The molecule has 0 aromatic heterocycles. The van der Waals surface area contributed by atoms with E-state index in [2.05, 4.69) is 4.74 Å². The fraction of sp³-hybridized carbons (Fsp3) is 0.250. The van der Waals surface area contributed by atoms with Crippen LogP contribution in [0.3, 0.4) is 0 Å². The zero-order valence-corrected chi connectivity index (χ0v) is 7.91. The quantitative estimate of drug-likeness (QED) is 0.746. The maximum Gasteiger partial charge on any atom is 0.573 e. The Balaban J connectivity index is 3.02. The number of nitrogen functional groups attached to an aromatic ring is 1. The second kappa shape index (κ2) is 3.57. The van der Waals surface area contributed by atoms with Crippen molar-refractivity contribution in [1.82, 2.24) is 0 Å². The molecule has 1 rings (SSSR count). The Bertz CT molecular complexity index is 328. The third-order valence-electron chi connectivity index (χ3n) is 1.59. The van der Waals surface area contributed by atoms with Gasteiger partial charge >= 0.3 is 6.36 Å². The van der Waals surface area contributed by atoms with Crippen molar-refractivity contribution < 1.29 is 17.9 Å². The van der Waals surface area contributed by atoms with Crippen LogP contribution >= 0.6 is 11.6 Å². The van der Waals surface area contributed by atoms with Gasteiger partial charge in [-0.1, -0.05) is 11.6 Å². The molecule has 0 aliphatic carbocycles. The first-order chi connectivity index (χ1) is 6.29. The SMILES string of the molecule is Cc1c(N)cc(OC(F)(F)F)cc1Cl. The fourth-order valence-electron chi connectivity index (χ4n) is 0.867. The molecule has 0 aliphatic heterocycles. The number of nitrogens with two attached hydrogens (primary N) is 1. The molecule has 0 fully saturated rings. The van der Waals surface area contributed by atoms with Crippen LogP contribution in [0.2, 0.25) is 5.02 Å². The average molecular weight is 226 g/mol. The van der Waals surface area contributed by atoms with Crippen molar-refractivity contribution in [3.8, 4) is 5.75 Å². The van der Waals surface area contributed by atoms with Crippen LogP contribution in [0.25, 0.3) is 0 Å². The average Bonchev–Trinajstić information content (AvgIpc) is 1.96. The number of anilines is 1. The summed E-state index contributed by atoms with van der Waals surface area (Å²) in [6.45, 7) is 1.61. The van der Waals surface area contributed by atoms with Crippen molar-refractivity contribution in [2.75, 3.05) is 5.73 Å². The lowest BCUT2D eigenvalue weighted by molar-refractivity contribution is -0.274. The summed E-state index contributed by atoms with van der Waals surface area (Å²) in [5, 5.41) is 0.143. The van der Waals surface area contributed by atoms with E-state index in [9.17, 15) is 13.2 Å². The van der Waals surface area contributed by atoms with Crippen LogP contribution in [0.15, 0.2) is 12.1 Å². The molecule has 14 heavy (non-hydrogen) atoms. The second-order valence-corrected chi connectivity index (χ2v) is 3.07. The molecule has 78 valence electrons. The fourth-order valence-corrected chi connectivity index (χ4v) is 1.08. The Kier molecular flexibility index (Phi) is 2.80. The molecule has 0 spiro atoms. The number of rotatable bonds is 1. The minimum absolute atomic E-state index is 0.143. The number of hydrogen-bond donors (Lipinski definition) is 1. The highest BCUT2D eigenvalue weighted by atomic mass is 35.5. The van der Waals surface area contributed by atoms with E-state index in [4.69, 9.17) is 17.3 Å². The lowest BCUT2D eigenvalue weighted by Gasteiger charge is -2.11. The highest BCUT2D eigenvalue weighted by molar-refractivity contribution is 6.31. The molecular formula is C8H7ClF3NO. The highest BCUT2D eigenvalue weighted by Gasteiger charge is 2.31. The molecule has 0 radical (unpaired) electrons. The maximum atomic E-state index is 11.8. The largest absolute Gasteiger partial charge is 0.573 e. The van der Waals surface area contributed by atoms with Crippen LogP contribution in [0, 0.1) is 6.92 Å². The standard InChI is InChI=1S/C8H7ClF3NO/c1-4-6(9)2-5(3-7(4)13)14-8(10,11)12/h2-3H,13H2,1H3. The Labute approximate surface area is 83.4 Å². The topological polar surface area (TPSA) is 35.2 Å². The van der Waals surface area contributed by atoms with Crippen molar-refractivity contribution in [3.63, 3.8) is 0 Å². The molecule has 0 saturated carbocycles. The van der Waals surface area contributed by atoms with E-state index >= 15 is 0 Å². The van der Waals surface area contributed by atoms with Crippen LogP contribution < -0.4 is 10.5 Å². The summed E-state index contributed by atoms with van der Waals surface area (Å²) >= 11 is 5.62. The predicted molar refractivity (Wildman–Crippen MR) is 47.3 cm³/mol. The van der Waals surface area contributed by atoms with E-state index in [1.165, 1.54) is 0 Å². The molecule has 0 heterocycles. The number of halogens is 4. The summed E-state index contributed by atoms with van der Waals surface area (Å²) in [6, 6.07) is 2.15. The van der Waals surface area contributed by atoms with Crippen LogP contribution in [-0.2, 0) is 0 Å². The van der Waals surface area contributed by atoms with Crippen LogP contribution in [0.4, 0.5) is 18.9 Å². The van der Waals surface area contributed by atoms with Crippen LogP contribution in [0.1, 0.15) is 5.56 Å². The Morgan fingerprint density at radius 1 is 1.36 bits per heavy atom. The van der Waals surface area contributed by atoms with Gasteiger partial charge in [-0.2, -0.15) is 0 Å². The minimum atomic E-state index is -4.73. The molecule has 2 nitrogen and oxygen atoms in total. The monoisotopic (exact) mass is 225 g/mol. The number of alkyl halides is 3. The van der Waals surface area contributed by atoms with Gasteiger partial charge in [0.05, 0.1) is 0 Å². The molecule has 0 aliphatic rings. The summed E-state index contributed by atoms with van der Waals surface area (Å²) < 4.78 is 39.1. The molecule has 1 aromatic carbocycles. The molecule has 0 unspecified atom stereocenters. The Morgan fingerprint density at radius 3 is 2.36 bits per heavy atom. The van der Waals surface area contributed by atoms with E-state index in [1.54, 1.807) is 6.92 Å². The smallest absolute Gasteiger partial charge is 0.406 e. The first-order valence-electron chi connectivity index (χ1n) is 3.61.